The van der Waals surface area contributed by atoms with E-state index in [-0.39, 0.29) is 0 Å². The first-order valence-electron chi connectivity index (χ1n) is 3.74. The molecule has 0 aromatic heterocycles. The quantitative estimate of drug-likeness (QED) is 0.571. The van der Waals surface area contributed by atoms with Crippen molar-refractivity contribution in [3.8, 4) is 0 Å². The summed E-state index contributed by atoms with van der Waals surface area (Å²) in [4.78, 5) is 12.8. The van der Waals surface area contributed by atoms with E-state index >= 15 is 0 Å². The van der Waals surface area contributed by atoms with Gasteiger partial charge in [0.2, 0.25) is 0 Å². The Morgan fingerprint density at radius 1 is 1.40 bits per heavy atom. The molecule has 2 aliphatic rings. The molecule has 1 unspecified atom stereocenters. The molecule has 2 fully saturated rings. The summed E-state index contributed by atoms with van der Waals surface area (Å²) < 4.78 is 0. The first kappa shape index (κ1) is 6.16. The van der Waals surface area contributed by atoms with Crippen LogP contribution < -0.4 is 0 Å². The third kappa shape index (κ3) is 0.515. The van der Waals surface area contributed by atoms with Crippen LogP contribution in [-0.4, -0.2) is 34.6 Å². The Balaban J connectivity index is 2.21. The van der Waals surface area contributed by atoms with Crippen LogP contribution in [0, 0.1) is 0 Å². The average molecular weight is 141 g/mol. The molecule has 0 saturated carbocycles. The lowest BCUT2D eigenvalue weighted by Crippen LogP contribution is -2.60. The first-order valence-corrected chi connectivity index (χ1v) is 3.74. The van der Waals surface area contributed by atoms with Crippen molar-refractivity contribution in [1.29, 1.82) is 0 Å². The molecular weight excluding hydrogens is 130 g/mol. The van der Waals surface area contributed by atoms with Gasteiger partial charge in [0.1, 0.15) is 5.54 Å². The molecule has 10 heavy (non-hydrogen) atoms. The van der Waals surface area contributed by atoms with Crippen molar-refractivity contribution in [1.82, 2.24) is 4.90 Å². The van der Waals surface area contributed by atoms with Crippen LogP contribution in [-0.2, 0) is 4.79 Å². The molecule has 0 aromatic rings. The van der Waals surface area contributed by atoms with Gasteiger partial charge >= 0.3 is 5.97 Å². The Morgan fingerprint density at radius 3 is 2.50 bits per heavy atom. The van der Waals surface area contributed by atoms with Crippen LogP contribution in [0.2, 0.25) is 0 Å². The van der Waals surface area contributed by atoms with E-state index in [4.69, 9.17) is 5.11 Å². The van der Waals surface area contributed by atoms with E-state index in [9.17, 15) is 4.79 Å². The highest BCUT2D eigenvalue weighted by Gasteiger charge is 2.53. The van der Waals surface area contributed by atoms with Crippen molar-refractivity contribution in [2.75, 3.05) is 13.1 Å². The van der Waals surface area contributed by atoms with Crippen LogP contribution >= 0.6 is 0 Å². The van der Waals surface area contributed by atoms with Crippen molar-refractivity contribution in [2.45, 2.75) is 24.8 Å². The Kier molecular flexibility index (Phi) is 1.06. The Morgan fingerprint density at radius 2 is 2.20 bits per heavy atom. The van der Waals surface area contributed by atoms with Gasteiger partial charge in [-0.05, 0) is 25.8 Å². The standard InChI is InChI=1S/C7H11NO2/c9-6(10)7-2-1-4-8(7)5-3-7/h1-5H2,(H,9,10). The van der Waals surface area contributed by atoms with Crippen LogP contribution in [0.4, 0.5) is 0 Å². The molecule has 0 radical (unpaired) electrons. The number of carboxylic acid groups (broad SMARTS) is 1. The maximum atomic E-state index is 10.7. The predicted octanol–water partition coefficient (Wildman–Crippen LogP) is 0.309. The van der Waals surface area contributed by atoms with Gasteiger partial charge in [0.15, 0.2) is 0 Å². The zero-order valence-corrected chi connectivity index (χ0v) is 5.84. The Hall–Kier alpha value is -0.570. The van der Waals surface area contributed by atoms with E-state index in [1.165, 1.54) is 0 Å². The fourth-order valence-electron chi connectivity index (χ4n) is 2.06. The number of nitrogens with zero attached hydrogens (tertiary/aromatic N) is 1. The topological polar surface area (TPSA) is 40.5 Å². The highest BCUT2D eigenvalue weighted by molar-refractivity contribution is 5.80. The van der Waals surface area contributed by atoms with Gasteiger partial charge in [0, 0.05) is 6.54 Å². The maximum Gasteiger partial charge on any atom is 0.324 e. The lowest BCUT2D eigenvalue weighted by molar-refractivity contribution is -0.157. The summed E-state index contributed by atoms with van der Waals surface area (Å²) in [5.41, 5.74) is -0.417. The minimum absolute atomic E-state index is 0.417. The SMILES string of the molecule is O=C(O)C12CCCN1CC2. The van der Waals surface area contributed by atoms with Crippen LogP contribution in [0.15, 0.2) is 0 Å². The van der Waals surface area contributed by atoms with E-state index in [0.29, 0.717) is 0 Å². The summed E-state index contributed by atoms with van der Waals surface area (Å²) in [6.45, 7) is 1.98. The fraction of sp³-hybridized carbons (Fsp3) is 0.857. The van der Waals surface area contributed by atoms with Gasteiger partial charge in [-0.2, -0.15) is 0 Å². The molecule has 0 spiro atoms. The second-order valence-electron chi connectivity index (χ2n) is 3.18. The molecule has 2 rings (SSSR count). The highest BCUT2D eigenvalue weighted by atomic mass is 16.4. The molecule has 0 amide bonds. The number of rotatable bonds is 1. The lowest BCUT2D eigenvalue weighted by atomic mass is 9.85. The highest BCUT2D eigenvalue weighted by Crippen LogP contribution is 2.40. The largest absolute Gasteiger partial charge is 0.480 e. The molecule has 0 aliphatic carbocycles. The van der Waals surface area contributed by atoms with Crippen molar-refractivity contribution < 1.29 is 9.90 Å². The van der Waals surface area contributed by atoms with E-state index in [1.54, 1.807) is 0 Å². The average Bonchev–Trinajstić information content (AvgIpc) is 2.09. The third-order valence-electron chi connectivity index (χ3n) is 2.82. The lowest BCUT2D eigenvalue weighted by Gasteiger charge is -2.44. The zero-order chi connectivity index (χ0) is 7.19. The second-order valence-corrected chi connectivity index (χ2v) is 3.18. The number of hydrogen-bond donors (Lipinski definition) is 1. The zero-order valence-electron chi connectivity index (χ0n) is 5.84. The normalized spacial score (nSPS) is 38.8. The van der Waals surface area contributed by atoms with Gasteiger partial charge in [0.25, 0.3) is 0 Å². The summed E-state index contributed by atoms with van der Waals surface area (Å²) >= 11 is 0. The monoisotopic (exact) mass is 141 g/mol. The molecule has 2 aliphatic heterocycles. The van der Waals surface area contributed by atoms with Gasteiger partial charge in [-0.25, -0.2) is 0 Å². The molecule has 3 heteroatoms. The van der Waals surface area contributed by atoms with Crippen molar-refractivity contribution in [3.63, 3.8) is 0 Å². The van der Waals surface area contributed by atoms with Gasteiger partial charge < -0.3 is 5.11 Å². The minimum atomic E-state index is -0.615. The van der Waals surface area contributed by atoms with Gasteiger partial charge in [-0.1, -0.05) is 0 Å². The predicted molar refractivity (Wildman–Crippen MR) is 35.8 cm³/mol. The van der Waals surface area contributed by atoms with Gasteiger partial charge in [-0.15, -0.1) is 0 Å². The van der Waals surface area contributed by atoms with Crippen molar-refractivity contribution in [3.05, 3.63) is 0 Å². The first-order chi connectivity index (χ1) is 4.76. The van der Waals surface area contributed by atoms with E-state index in [0.717, 1.165) is 32.4 Å². The molecular formula is C7H11NO2. The van der Waals surface area contributed by atoms with Gasteiger partial charge in [0.05, 0.1) is 0 Å². The molecule has 3 nitrogen and oxygen atoms in total. The Labute approximate surface area is 59.6 Å². The van der Waals surface area contributed by atoms with E-state index in [2.05, 4.69) is 4.90 Å². The molecule has 0 bridgehead atoms. The van der Waals surface area contributed by atoms with Gasteiger partial charge in [-0.3, -0.25) is 9.69 Å². The fourth-order valence-corrected chi connectivity index (χ4v) is 2.06. The van der Waals surface area contributed by atoms with Crippen molar-refractivity contribution >= 4 is 5.97 Å². The van der Waals surface area contributed by atoms with Crippen LogP contribution in [0.5, 0.6) is 0 Å². The number of fused-ring (bicyclic) bond motifs is 1. The molecule has 56 valence electrons. The van der Waals surface area contributed by atoms with Crippen LogP contribution in [0.25, 0.3) is 0 Å². The van der Waals surface area contributed by atoms with Crippen LogP contribution in [0.1, 0.15) is 19.3 Å². The summed E-state index contributed by atoms with van der Waals surface area (Å²) in [7, 11) is 0. The number of carbonyl (C=O) groups is 1. The minimum Gasteiger partial charge on any atom is -0.480 e. The summed E-state index contributed by atoms with van der Waals surface area (Å²) in [6, 6.07) is 0. The summed E-state index contributed by atoms with van der Waals surface area (Å²) in [5, 5.41) is 8.85. The molecule has 2 saturated heterocycles. The van der Waals surface area contributed by atoms with E-state index < -0.39 is 11.5 Å². The van der Waals surface area contributed by atoms with Crippen LogP contribution in [0.3, 0.4) is 0 Å². The van der Waals surface area contributed by atoms with Crippen molar-refractivity contribution in [2.24, 2.45) is 0 Å². The number of aliphatic carboxylic acids is 1. The maximum absolute atomic E-state index is 10.7. The third-order valence-corrected chi connectivity index (χ3v) is 2.82. The molecule has 1 atom stereocenters. The summed E-state index contributed by atoms with van der Waals surface area (Å²) in [6.07, 6.45) is 2.79. The number of hydrogen-bond acceptors (Lipinski definition) is 2. The number of carboxylic acids is 1. The second kappa shape index (κ2) is 1.72. The molecule has 1 N–H and O–H groups in total. The summed E-state index contributed by atoms with van der Waals surface area (Å²) in [5.74, 6) is -0.615. The smallest absolute Gasteiger partial charge is 0.324 e. The molecule has 0 aromatic carbocycles. The molecule has 2 heterocycles. The van der Waals surface area contributed by atoms with E-state index in [1.807, 2.05) is 0 Å². The Bertz CT molecular complexity index is 180.